The minimum Gasteiger partial charge on any atom is -0.481 e. The molecule has 0 aliphatic carbocycles. The Morgan fingerprint density at radius 3 is 0.822 bits per heavy atom. The van der Waals surface area contributed by atoms with Crippen molar-refractivity contribution in [1.82, 2.24) is 0 Å². The molecular weight excluding hydrogens is 957 g/mol. The lowest BCUT2D eigenvalue weighted by molar-refractivity contribution is -0.170. The molecule has 0 fully saturated rings. The highest BCUT2D eigenvalue weighted by molar-refractivity contribution is 5.88. The molecular formula is C53H96O20. The number of unbranched alkanes of at least 4 members (excludes halogenated alkanes) is 10. The summed E-state index contributed by atoms with van der Waals surface area (Å²) in [5.74, 6) is -8.24. The molecule has 0 rings (SSSR count). The van der Waals surface area contributed by atoms with Crippen LogP contribution in [0, 0.1) is 12.8 Å². The smallest absolute Gasteiger partial charge is 0.336 e. The van der Waals surface area contributed by atoms with Crippen molar-refractivity contribution in [1.29, 1.82) is 0 Å². The maximum absolute atomic E-state index is 11.8. The molecule has 0 heterocycles. The number of terminal acetylenes is 1. The third-order valence-electron chi connectivity index (χ3n) is 11.0. The van der Waals surface area contributed by atoms with Crippen molar-refractivity contribution in [2.24, 2.45) is 0 Å². The number of hydrogen-bond donors (Lipinski definition) is 6. The first kappa shape index (κ1) is 79.2. The maximum Gasteiger partial charge on any atom is 0.336 e. The Balaban J connectivity index is -0.000000159. The first-order valence-electron chi connectivity index (χ1n) is 25.2. The second kappa shape index (κ2) is 49.0. The van der Waals surface area contributed by atoms with Crippen LogP contribution in [0.3, 0.4) is 0 Å². The number of carboxylic acid groups (broad SMARTS) is 3. The van der Waals surface area contributed by atoms with Crippen molar-refractivity contribution >= 4 is 59.7 Å². The molecule has 20 nitrogen and oxygen atoms in total. The van der Waals surface area contributed by atoms with Crippen LogP contribution < -0.4 is 0 Å². The predicted molar refractivity (Wildman–Crippen MR) is 275 cm³/mol. The highest BCUT2D eigenvalue weighted by Crippen LogP contribution is 2.21. The molecule has 6 N–H and O–H groups in total. The van der Waals surface area contributed by atoms with Crippen molar-refractivity contribution in [2.45, 2.75) is 267 Å². The molecule has 0 aliphatic rings. The zero-order chi connectivity index (χ0) is 58.3. The second-order valence-electron chi connectivity index (χ2n) is 17.7. The molecule has 0 aromatic heterocycles. The van der Waals surface area contributed by atoms with E-state index in [0.29, 0.717) is 25.7 Å². The largest absolute Gasteiger partial charge is 0.481 e. The highest BCUT2D eigenvalue weighted by atomic mass is 16.6. The van der Waals surface area contributed by atoms with Crippen molar-refractivity contribution < 1.29 is 98.9 Å². The Morgan fingerprint density at radius 2 is 0.658 bits per heavy atom. The fourth-order valence-electron chi connectivity index (χ4n) is 5.06. The van der Waals surface area contributed by atoms with E-state index < -0.39 is 83.4 Å². The number of carbonyl (C=O) groups is 10. The van der Waals surface area contributed by atoms with Gasteiger partial charge in [0, 0.05) is 46.5 Å². The zero-order valence-corrected chi connectivity index (χ0v) is 45.4. The Morgan fingerprint density at radius 1 is 0.438 bits per heavy atom. The van der Waals surface area contributed by atoms with E-state index in [-0.39, 0.29) is 31.8 Å². The van der Waals surface area contributed by atoms with Gasteiger partial charge in [-0.3, -0.25) is 43.2 Å². The van der Waals surface area contributed by atoms with Gasteiger partial charge in [0.15, 0.2) is 5.60 Å². The standard InChI is InChI=1S/C18H32O5.C14H22O6.C6H8O7.2C6H14O.C2H2.CH4/c1-5-18(4,6-2)23-17(21)14-12-10-8-7-9-11-13-16(20)22-15(3)19;1-11(15)19-13(17)9-7-5-3-4-6-8-10-14(18)20-12(2)16;7-3(8)1-6(13,5(11)12)2-4(9)10;2*1-4-6(3,7)5-2;1-2;/h5-14H2,1-4H3;3-10H2,1-2H3;13H,1-2H2,(H,7,8)(H,9,10)(H,11,12);2*7H,4-5H2,1-3H3;1-2H;1H4/i;;;;;1D;. The molecule has 0 amide bonds. The van der Waals surface area contributed by atoms with Crippen LogP contribution >= 0.6 is 0 Å². The Bertz CT molecular complexity index is 1550. The molecule has 0 spiro atoms. The number of ether oxygens (including phenoxy) is 4. The van der Waals surface area contributed by atoms with Gasteiger partial charge in [-0.25, -0.2) is 4.79 Å². The van der Waals surface area contributed by atoms with Gasteiger partial charge in [0.05, 0.1) is 24.0 Å². The van der Waals surface area contributed by atoms with Gasteiger partial charge in [-0.15, -0.1) is 12.8 Å². The molecule has 73 heavy (non-hydrogen) atoms. The molecule has 0 radical (unpaired) electrons. The van der Waals surface area contributed by atoms with E-state index in [1.54, 1.807) is 0 Å². The van der Waals surface area contributed by atoms with Gasteiger partial charge in [-0.05, 0) is 85.0 Å². The lowest BCUT2D eigenvalue weighted by Crippen LogP contribution is -2.42. The summed E-state index contributed by atoms with van der Waals surface area (Å²) in [6.45, 7) is 21.3. The molecule has 0 aromatic rings. The van der Waals surface area contributed by atoms with E-state index >= 15 is 0 Å². The van der Waals surface area contributed by atoms with Gasteiger partial charge in [0.25, 0.3) is 0 Å². The number of esters is 7. The highest BCUT2D eigenvalue weighted by Gasteiger charge is 2.40. The van der Waals surface area contributed by atoms with Gasteiger partial charge in [0.1, 0.15) is 6.97 Å². The molecule has 0 bridgehead atoms. The third kappa shape index (κ3) is 61.0. The number of carboxylic acids is 3. The van der Waals surface area contributed by atoms with E-state index in [4.69, 9.17) is 36.7 Å². The van der Waals surface area contributed by atoms with E-state index in [9.17, 15) is 47.9 Å². The van der Waals surface area contributed by atoms with Gasteiger partial charge in [0.2, 0.25) is 0 Å². The molecule has 0 atom stereocenters. The van der Waals surface area contributed by atoms with Gasteiger partial charge >= 0.3 is 59.7 Å². The predicted octanol–water partition coefficient (Wildman–Crippen LogP) is 9.36. The Hall–Kier alpha value is -5.26. The van der Waals surface area contributed by atoms with E-state index in [1.165, 1.54) is 27.2 Å². The van der Waals surface area contributed by atoms with Gasteiger partial charge < -0.3 is 49.6 Å². The van der Waals surface area contributed by atoms with Crippen LogP contribution in [-0.2, 0) is 66.9 Å². The quantitative estimate of drug-likeness (QED) is 0.0128. The fourth-order valence-corrected chi connectivity index (χ4v) is 5.06. The van der Waals surface area contributed by atoms with Crippen LogP contribution in [0.15, 0.2) is 0 Å². The third-order valence-corrected chi connectivity index (χ3v) is 11.0. The summed E-state index contributed by atoms with van der Waals surface area (Å²) in [6.07, 6.45) is 20.4. The molecule has 428 valence electrons. The first-order chi connectivity index (χ1) is 33.7. The number of aliphatic hydroxyl groups is 3. The normalized spacial score (nSPS) is 10.6. The van der Waals surface area contributed by atoms with E-state index in [1.807, 2.05) is 62.3 Å². The molecule has 20 heteroatoms. The van der Waals surface area contributed by atoms with Crippen LogP contribution in [0.1, 0.15) is 246 Å². The zero-order valence-electron chi connectivity index (χ0n) is 46.4. The van der Waals surface area contributed by atoms with Gasteiger partial charge in [-0.1, -0.05) is 100 Å². The average Bonchev–Trinajstić information content (AvgIpc) is 3.28. The van der Waals surface area contributed by atoms with Crippen LogP contribution in [-0.4, -0.2) is 113 Å². The first-order valence-corrected chi connectivity index (χ1v) is 24.7. The van der Waals surface area contributed by atoms with Crippen molar-refractivity contribution in [3.63, 3.8) is 0 Å². The van der Waals surface area contributed by atoms with Gasteiger partial charge in [-0.2, -0.15) is 0 Å². The lowest BCUT2D eigenvalue weighted by Gasteiger charge is -2.26. The summed E-state index contributed by atoms with van der Waals surface area (Å²) in [5.41, 5.74) is -3.90. The van der Waals surface area contributed by atoms with Crippen LogP contribution in [0.5, 0.6) is 0 Å². The monoisotopic (exact) mass is 1050 g/mol. The van der Waals surface area contributed by atoms with Crippen molar-refractivity contribution in [2.75, 3.05) is 0 Å². The minimum absolute atomic E-state index is 0. The summed E-state index contributed by atoms with van der Waals surface area (Å²) in [5, 5.41) is 52.1. The molecule has 0 saturated heterocycles. The summed E-state index contributed by atoms with van der Waals surface area (Å²) in [6, 6.07) is 0. The molecule has 0 saturated carbocycles. The number of hydrogen-bond acceptors (Lipinski definition) is 17. The van der Waals surface area contributed by atoms with Crippen molar-refractivity contribution in [3.05, 3.63) is 0 Å². The Kier molecular flexibility index (Phi) is 53.1. The lowest BCUT2D eigenvalue weighted by atomic mass is 9.96. The summed E-state index contributed by atoms with van der Waals surface area (Å²) >= 11 is 0. The molecule has 0 aromatic carbocycles. The Labute approximate surface area is 437 Å². The molecule has 0 aliphatic heterocycles. The second-order valence-corrected chi connectivity index (χ2v) is 17.7. The topological polar surface area (TPSA) is 329 Å². The summed E-state index contributed by atoms with van der Waals surface area (Å²) in [7, 11) is 0. The maximum atomic E-state index is 11.8. The SMILES string of the molecule is C.CC(=O)OC(=O)CCCCCCCCC(=O)OC(C)=O.CCC(C)(CC)OC(=O)CCCCCCCCC(=O)OC(C)=O.CCC(C)(O)CC.CCC(C)(O)CC.O=C(O)CC(O)(CC(=O)O)C(=O)O.[2H]C#C. The molecule has 0 unspecified atom stereocenters. The summed E-state index contributed by atoms with van der Waals surface area (Å²) < 4.78 is 24.5. The van der Waals surface area contributed by atoms with Crippen LogP contribution in [0.2, 0.25) is 0 Å². The van der Waals surface area contributed by atoms with Crippen LogP contribution in [0.25, 0.3) is 0 Å². The average molecular weight is 1050 g/mol. The van der Waals surface area contributed by atoms with E-state index in [0.717, 1.165) is 103 Å². The number of rotatable bonds is 30. The van der Waals surface area contributed by atoms with E-state index in [2.05, 4.69) is 20.6 Å². The summed E-state index contributed by atoms with van der Waals surface area (Å²) in [4.78, 5) is 107. The minimum atomic E-state index is -2.74. The fraction of sp³-hybridized carbons (Fsp3) is 0.774. The van der Waals surface area contributed by atoms with Crippen molar-refractivity contribution in [3.8, 4) is 12.8 Å². The number of carbonyl (C=O) groups excluding carboxylic acids is 7. The number of aliphatic carboxylic acids is 3. The van der Waals surface area contributed by atoms with Crippen LogP contribution in [0.4, 0.5) is 0 Å².